The fraction of sp³-hybridized carbons (Fsp3) is 0.0714. The van der Waals surface area contributed by atoms with E-state index in [4.69, 9.17) is 23.2 Å². The second kappa shape index (κ2) is 6.20. The molecule has 0 spiro atoms. The van der Waals surface area contributed by atoms with E-state index in [1.54, 1.807) is 6.07 Å². The fourth-order valence-electron chi connectivity index (χ4n) is 1.65. The van der Waals surface area contributed by atoms with E-state index in [1.807, 2.05) is 0 Å². The normalized spacial score (nSPS) is 10.7. The van der Waals surface area contributed by atoms with Crippen LogP contribution in [0.5, 0.6) is 5.75 Å². The van der Waals surface area contributed by atoms with Crippen LogP contribution in [-0.4, -0.2) is 12.4 Å². The van der Waals surface area contributed by atoms with Crippen molar-refractivity contribution in [2.24, 2.45) is 0 Å². The van der Waals surface area contributed by atoms with Crippen molar-refractivity contribution in [1.82, 2.24) is 0 Å². The summed E-state index contributed by atoms with van der Waals surface area (Å²) < 4.78 is 29.0. The summed E-state index contributed by atoms with van der Waals surface area (Å²) in [5, 5.41) is 0.519. The number of carbonyl (C=O) groups is 1. The first-order valence-corrected chi connectivity index (χ1v) is 6.28. The Balaban J connectivity index is 2.40. The maximum Gasteiger partial charge on any atom is 0.387 e. The summed E-state index contributed by atoms with van der Waals surface area (Å²) in [4.78, 5) is 12.3. The van der Waals surface area contributed by atoms with Gasteiger partial charge in [0, 0.05) is 5.56 Å². The lowest BCUT2D eigenvalue weighted by molar-refractivity contribution is -0.0501. The van der Waals surface area contributed by atoms with E-state index in [2.05, 4.69) is 4.74 Å². The first kappa shape index (κ1) is 14.8. The first-order chi connectivity index (χ1) is 9.49. The van der Waals surface area contributed by atoms with Gasteiger partial charge in [-0.1, -0.05) is 35.3 Å². The summed E-state index contributed by atoms with van der Waals surface area (Å²) in [7, 11) is 0. The third-order valence-electron chi connectivity index (χ3n) is 2.53. The van der Waals surface area contributed by atoms with Crippen LogP contribution in [0.1, 0.15) is 15.9 Å². The lowest BCUT2D eigenvalue weighted by Gasteiger charge is -2.10. The molecule has 0 saturated heterocycles. The van der Waals surface area contributed by atoms with E-state index in [-0.39, 0.29) is 21.9 Å². The van der Waals surface area contributed by atoms with Gasteiger partial charge in [0.25, 0.3) is 0 Å². The summed E-state index contributed by atoms with van der Waals surface area (Å²) in [6, 6.07) is 10.1. The predicted molar refractivity (Wildman–Crippen MR) is 73.0 cm³/mol. The van der Waals surface area contributed by atoms with Gasteiger partial charge in [-0.15, -0.1) is 0 Å². The van der Waals surface area contributed by atoms with Crippen molar-refractivity contribution in [3.8, 4) is 5.75 Å². The van der Waals surface area contributed by atoms with Crippen LogP contribution >= 0.6 is 23.2 Å². The molecule has 0 radical (unpaired) electrons. The molecule has 2 aromatic rings. The zero-order valence-corrected chi connectivity index (χ0v) is 11.5. The molecule has 0 atom stereocenters. The molecule has 0 unspecified atom stereocenters. The third-order valence-corrected chi connectivity index (χ3v) is 3.27. The Morgan fingerprint density at radius 1 is 1.05 bits per heavy atom. The topological polar surface area (TPSA) is 26.3 Å². The van der Waals surface area contributed by atoms with Gasteiger partial charge in [0.05, 0.1) is 15.6 Å². The van der Waals surface area contributed by atoms with E-state index in [9.17, 15) is 13.6 Å². The quantitative estimate of drug-likeness (QED) is 0.755. The van der Waals surface area contributed by atoms with Crippen LogP contribution in [0, 0.1) is 0 Å². The molecule has 104 valence electrons. The molecule has 0 aliphatic carbocycles. The molecule has 0 N–H and O–H groups in total. The zero-order chi connectivity index (χ0) is 14.7. The van der Waals surface area contributed by atoms with Gasteiger partial charge in [-0.25, -0.2) is 0 Å². The Kier molecular flexibility index (Phi) is 4.57. The van der Waals surface area contributed by atoms with Crippen molar-refractivity contribution >= 4 is 29.0 Å². The highest BCUT2D eigenvalue weighted by atomic mass is 35.5. The number of ether oxygens (including phenoxy) is 1. The Labute approximate surface area is 123 Å². The standard InChI is InChI=1S/C14H8Cl2F2O2/c15-10-6-5-8(7-11(10)16)13(19)9-3-1-2-4-12(9)20-14(17)18/h1-7,14H. The van der Waals surface area contributed by atoms with Crippen LogP contribution in [0.2, 0.25) is 10.0 Å². The Hall–Kier alpha value is -1.65. The lowest BCUT2D eigenvalue weighted by atomic mass is 10.0. The summed E-state index contributed by atoms with van der Waals surface area (Å²) >= 11 is 11.6. The number of hydrogen-bond donors (Lipinski definition) is 0. The molecule has 0 bridgehead atoms. The van der Waals surface area contributed by atoms with E-state index in [1.165, 1.54) is 36.4 Å². The molecule has 0 amide bonds. The summed E-state index contributed by atoms with van der Waals surface area (Å²) in [6.07, 6.45) is 0. The van der Waals surface area contributed by atoms with Crippen LogP contribution in [-0.2, 0) is 0 Å². The Morgan fingerprint density at radius 2 is 1.75 bits per heavy atom. The minimum atomic E-state index is -3.00. The van der Waals surface area contributed by atoms with Crippen molar-refractivity contribution in [1.29, 1.82) is 0 Å². The van der Waals surface area contributed by atoms with E-state index in [0.717, 1.165) is 0 Å². The average molecular weight is 317 g/mol. The summed E-state index contributed by atoms with van der Waals surface area (Å²) in [5.74, 6) is -0.654. The molecule has 0 saturated carbocycles. The van der Waals surface area contributed by atoms with Gasteiger partial charge in [-0.05, 0) is 30.3 Å². The number of para-hydroxylation sites is 1. The highest BCUT2D eigenvalue weighted by Crippen LogP contribution is 2.27. The highest BCUT2D eigenvalue weighted by molar-refractivity contribution is 6.42. The minimum Gasteiger partial charge on any atom is -0.434 e. The van der Waals surface area contributed by atoms with Gasteiger partial charge in [0.15, 0.2) is 5.78 Å². The van der Waals surface area contributed by atoms with Crippen LogP contribution in [0.4, 0.5) is 8.78 Å². The number of carbonyl (C=O) groups excluding carboxylic acids is 1. The SMILES string of the molecule is O=C(c1ccc(Cl)c(Cl)c1)c1ccccc1OC(F)F. The van der Waals surface area contributed by atoms with Gasteiger partial charge in [0.2, 0.25) is 0 Å². The summed E-state index contributed by atoms with van der Waals surface area (Å²) in [5.41, 5.74) is 0.274. The third kappa shape index (κ3) is 3.26. The number of hydrogen-bond acceptors (Lipinski definition) is 2. The van der Waals surface area contributed by atoms with Gasteiger partial charge < -0.3 is 4.74 Å². The molecule has 0 aliphatic heterocycles. The Bertz CT molecular complexity index is 645. The van der Waals surface area contributed by atoms with Crippen molar-refractivity contribution in [2.75, 3.05) is 0 Å². The molecule has 0 heterocycles. The molecule has 2 aromatic carbocycles. The second-order valence-corrected chi connectivity index (χ2v) is 4.65. The highest BCUT2D eigenvalue weighted by Gasteiger charge is 2.17. The molecule has 6 heteroatoms. The zero-order valence-electron chi connectivity index (χ0n) is 9.95. The first-order valence-electron chi connectivity index (χ1n) is 5.52. The van der Waals surface area contributed by atoms with Crippen LogP contribution in [0.25, 0.3) is 0 Å². The molecule has 2 nitrogen and oxygen atoms in total. The van der Waals surface area contributed by atoms with Crippen LogP contribution in [0.3, 0.4) is 0 Å². The second-order valence-electron chi connectivity index (χ2n) is 3.83. The fourth-order valence-corrected chi connectivity index (χ4v) is 1.94. The molecule has 0 aliphatic rings. The lowest BCUT2D eigenvalue weighted by Crippen LogP contribution is -2.08. The maximum absolute atomic E-state index is 12.3. The van der Waals surface area contributed by atoms with E-state index in [0.29, 0.717) is 5.02 Å². The van der Waals surface area contributed by atoms with Crippen molar-refractivity contribution in [2.45, 2.75) is 6.61 Å². The number of ketones is 1. The molecule has 2 rings (SSSR count). The van der Waals surface area contributed by atoms with Crippen LogP contribution in [0.15, 0.2) is 42.5 Å². The van der Waals surface area contributed by atoms with E-state index < -0.39 is 12.4 Å². The monoisotopic (exact) mass is 316 g/mol. The summed E-state index contributed by atoms with van der Waals surface area (Å²) in [6.45, 7) is -3.00. The van der Waals surface area contributed by atoms with Gasteiger partial charge in [-0.2, -0.15) is 8.78 Å². The van der Waals surface area contributed by atoms with Crippen molar-refractivity contribution in [3.05, 3.63) is 63.6 Å². The van der Waals surface area contributed by atoms with Crippen molar-refractivity contribution < 1.29 is 18.3 Å². The number of rotatable bonds is 4. The predicted octanol–water partition coefficient (Wildman–Crippen LogP) is 4.83. The molecular weight excluding hydrogens is 309 g/mol. The maximum atomic E-state index is 12.3. The van der Waals surface area contributed by atoms with Gasteiger partial charge in [-0.3, -0.25) is 4.79 Å². The van der Waals surface area contributed by atoms with Crippen LogP contribution < -0.4 is 4.74 Å². The molecular formula is C14H8Cl2F2O2. The number of benzene rings is 2. The Morgan fingerprint density at radius 3 is 2.40 bits per heavy atom. The van der Waals surface area contributed by atoms with E-state index >= 15 is 0 Å². The molecule has 0 fully saturated rings. The number of halogens is 4. The largest absolute Gasteiger partial charge is 0.434 e. The molecule has 20 heavy (non-hydrogen) atoms. The molecule has 0 aromatic heterocycles. The van der Waals surface area contributed by atoms with Gasteiger partial charge in [0.1, 0.15) is 5.75 Å². The van der Waals surface area contributed by atoms with Crippen molar-refractivity contribution in [3.63, 3.8) is 0 Å². The number of alkyl halides is 2. The average Bonchev–Trinajstić information content (AvgIpc) is 2.41. The smallest absolute Gasteiger partial charge is 0.387 e. The van der Waals surface area contributed by atoms with Gasteiger partial charge >= 0.3 is 6.61 Å². The minimum absolute atomic E-state index is 0.0335.